The Kier molecular flexibility index (Phi) is 5.56. The molecule has 14 heavy (non-hydrogen) atoms. The summed E-state index contributed by atoms with van der Waals surface area (Å²) in [6.07, 6.45) is 2.57. The quantitative estimate of drug-likeness (QED) is 0.627. The van der Waals surface area contributed by atoms with Crippen molar-refractivity contribution in [3.05, 3.63) is 0 Å². The molecule has 4 nitrogen and oxygen atoms in total. The lowest BCUT2D eigenvalue weighted by atomic mass is 10.1. The minimum absolute atomic E-state index is 0.116. The van der Waals surface area contributed by atoms with Gasteiger partial charge < -0.3 is 15.4 Å². The van der Waals surface area contributed by atoms with Gasteiger partial charge in [-0.05, 0) is 32.9 Å². The van der Waals surface area contributed by atoms with Gasteiger partial charge in [0.25, 0.3) is 0 Å². The van der Waals surface area contributed by atoms with Crippen LogP contribution in [0.2, 0.25) is 0 Å². The predicted octanol–water partition coefficient (Wildman–Crippen LogP) is 0.281. The lowest BCUT2D eigenvalue weighted by molar-refractivity contribution is -0.123. The number of amides is 1. The Hall–Kier alpha value is -0.610. The summed E-state index contributed by atoms with van der Waals surface area (Å²) in [6.45, 7) is 5.17. The molecule has 1 aliphatic heterocycles. The molecular weight excluding hydrogens is 180 g/mol. The van der Waals surface area contributed by atoms with Gasteiger partial charge >= 0.3 is 0 Å². The van der Waals surface area contributed by atoms with Gasteiger partial charge in [0.1, 0.15) is 0 Å². The Labute approximate surface area is 85.4 Å². The fraction of sp³-hybridized carbons (Fsp3) is 0.900. The summed E-state index contributed by atoms with van der Waals surface area (Å²) in [5, 5.41) is 6.28. The molecule has 0 bridgehead atoms. The highest BCUT2D eigenvalue weighted by Gasteiger charge is 2.14. The molecule has 0 aromatic heterocycles. The van der Waals surface area contributed by atoms with Crippen LogP contribution in [-0.4, -0.2) is 38.3 Å². The highest BCUT2D eigenvalue weighted by Crippen LogP contribution is 2.01. The average molecular weight is 200 g/mol. The van der Waals surface area contributed by atoms with Gasteiger partial charge in [-0.2, -0.15) is 0 Å². The fourth-order valence-corrected chi connectivity index (χ4v) is 1.58. The van der Waals surface area contributed by atoms with E-state index < -0.39 is 0 Å². The third kappa shape index (κ3) is 4.58. The Morgan fingerprint density at radius 3 is 2.86 bits per heavy atom. The molecule has 0 unspecified atom stereocenters. The molecule has 0 atom stereocenters. The Bertz CT molecular complexity index is 168. The molecule has 1 heterocycles. The first kappa shape index (κ1) is 11.5. The summed E-state index contributed by atoms with van der Waals surface area (Å²) in [5.41, 5.74) is 0. The van der Waals surface area contributed by atoms with Crippen molar-refractivity contribution < 1.29 is 9.53 Å². The molecule has 0 saturated carbocycles. The normalized spacial score (nSPS) is 18.1. The van der Waals surface area contributed by atoms with Crippen molar-refractivity contribution in [1.82, 2.24) is 10.6 Å². The Morgan fingerprint density at radius 1 is 1.50 bits per heavy atom. The van der Waals surface area contributed by atoms with E-state index in [2.05, 4.69) is 10.6 Å². The second kappa shape index (κ2) is 6.79. The van der Waals surface area contributed by atoms with E-state index in [4.69, 9.17) is 4.74 Å². The van der Waals surface area contributed by atoms with E-state index in [1.807, 2.05) is 6.92 Å². The smallest absolute Gasteiger partial charge is 0.222 e. The molecule has 1 amide bonds. The van der Waals surface area contributed by atoms with Crippen LogP contribution in [0, 0.1) is 0 Å². The third-order valence-electron chi connectivity index (χ3n) is 2.38. The van der Waals surface area contributed by atoms with Gasteiger partial charge in [-0.1, -0.05) is 0 Å². The van der Waals surface area contributed by atoms with Crippen molar-refractivity contribution in [1.29, 1.82) is 0 Å². The van der Waals surface area contributed by atoms with E-state index >= 15 is 0 Å². The number of carbonyl (C=O) groups excluding carboxylic acids is 1. The molecule has 82 valence electrons. The molecule has 0 radical (unpaired) electrons. The van der Waals surface area contributed by atoms with Crippen LogP contribution in [0.25, 0.3) is 0 Å². The highest BCUT2D eigenvalue weighted by molar-refractivity contribution is 5.76. The first-order chi connectivity index (χ1) is 6.83. The average Bonchev–Trinajstić information content (AvgIpc) is 2.20. The maximum atomic E-state index is 11.4. The van der Waals surface area contributed by atoms with Crippen molar-refractivity contribution in [3.8, 4) is 0 Å². The van der Waals surface area contributed by atoms with E-state index in [1.165, 1.54) is 0 Å². The van der Waals surface area contributed by atoms with Gasteiger partial charge in [-0.25, -0.2) is 0 Å². The number of piperidine rings is 1. The molecule has 2 N–H and O–H groups in total. The lowest BCUT2D eigenvalue weighted by Crippen LogP contribution is -2.42. The molecular formula is C10H20N2O2. The largest absolute Gasteiger partial charge is 0.381 e. The Morgan fingerprint density at radius 2 is 2.21 bits per heavy atom. The SMILES string of the molecule is CCOCCC(=O)NC1CCNCC1. The summed E-state index contributed by atoms with van der Waals surface area (Å²) in [4.78, 5) is 11.4. The number of ether oxygens (including phenoxy) is 1. The van der Waals surface area contributed by atoms with Crippen LogP contribution in [0.1, 0.15) is 26.2 Å². The zero-order chi connectivity index (χ0) is 10.2. The monoisotopic (exact) mass is 200 g/mol. The molecule has 0 spiro atoms. The molecule has 1 fully saturated rings. The molecule has 1 saturated heterocycles. The molecule has 1 aliphatic rings. The van der Waals surface area contributed by atoms with Crippen LogP contribution in [-0.2, 0) is 9.53 Å². The van der Waals surface area contributed by atoms with E-state index in [1.54, 1.807) is 0 Å². The van der Waals surface area contributed by atoms with E-state index in [-0.39, 0.29) is 5.91 Å². The minimum atomic E-state index is 0.116. The Balaban J connectivity index is 2.06. The summed E-state index contributed by atoms with van der Waals surface area (Å²) < 4.78 is 5.12. The molecule has 4 heteroatoms. The first-order valence-corrected chi connectivity index (χ1v) is 5.40. The van der Waals surface area contributed by atoms with Crippen molar-refractivity contribution in [2.75, 3.05) is 26.3 Å². The van der Waals surface area contributed by atoms with Crippen LogP contribution in [0.15, 0.2) is 0 Å². The summed E-state index contributed by atoms with van der Waals surface area (Å²) in [7, 11) is 0. The van der Waals surface area contributed by atoms with Crippen molar-refractivity contribution in [3.63, 3.8) is 0 Å². The van der Waals surface area contributed by atoms with Gasteiger partial charge in [-0.3, -0.25) is 4.79 Å². The summed E-state index contributed by atoms with van der Waals surface area (Å²) >= 11 is 0. The number of hydrogen-bond donors (Lipinski definition) is 2. The summed E-state index contributed by atoms with van der Waals surface area (Å²) in [6, 6.07) is 0.366. The minimum Gasteiger partial charge on any atom is -0.381 e. The van der Waals surface area contributed by atoms with Crippen molar-refractivity contribution in [2.24, 2.45) is 0 Å². The van der Waals surface area contributed by atoms with Crippen molar-refractivity contribution >= 4 is 5.91 Å². The van der Waals surface area contributed by atoms with Crippen LogP contribution >= 0.6 is 0 Å². The van der Waals surface area contributed by atoms with Crippen LogP contribution in [0.4, 0.5) is 0 Å². The van der Waals surface area contributed by atoms with Gasteiger partial charge in [0.2, 0.25) is 5.91 Å². The van der Waals surface area contributed by atoms with Gasteiger partial charge in [0.15, 0.2) is 0 Å². The van der Waals surface area contributed by atoms with Gasteiger partial charge in [-0.15, -0.1) is 0 Å². The third-order valence-corrected chi connectivity index (χ3v) is 2.38. The zero-order valence-electron chi connectivity index (χ0n) is 8.84. The number of hydrogen-bond acceptors (Lipinski definition) is 3. The van der Waals surface area contributed by atoms with E-state index in [0.29, 0.717) is 25.7 Å². The molecule has 0 aromatic carbocycles. The maximum absolute atomic E-state index is 11.4. The molecule has 0 aliphatic carbocycles. The second-order valence-electron chi connectivity index (χ2n) is 3.54. The second-order valence-corrected chi connectivity index (χ2v) is 3.54. The van der Waals surface area contributed by atoms with E-state index in [0.717, 1.165) is 25.9 Å². The zero-order valence-corrected chi connectivity index (χ0v) is 8.84. The first-order valence-electron chi connectivity index (χ1n) is 5.40. The fourth-order valence-electron chi connectivity index (χ4n) is 1.58. The van der Waals surface area contributed by atoms with Crippen LogP contribution in [0.3, 0.4) is 0 Å². The van der Waals surface area contributed by atoms with Gasteiger partial charge in [0.05, 0.1) is 6.61 Å². The standard InChI is InChI=1S/C10H20N2O2/c1-2-14-8-5-10(13)12-9-3-6-11-7-4-9/h9,11H,2-8H2,1H3,(H,12,13). The number of rotatable bonds is 5. The maximum Gasteiger partial charge on any atom is 0.222 e. The number of carbonyl (C=O) groups is 1. The van der Waals surface area contributed by atoms with Crippen molar-refractivity contribution in [2.45, 2.75) is 32.2 Å². The number of nitrogens with one attached hydrogen (secondary N) is 2. The molecule has 1 rings (SSSR count). The molecule has 0 aromatic rings. The topological polar surface area (TPSA) is 50.4 Å². The van der Waals surface area contributed by atoms with Gasteiger partial charge in [0, 0.05) is 19.1 Å². The van der Waals surface area contributed by atoms with Crippen LogP contribution in [0.5, 0.6) is 0 Å². The summed E-state index contributed by atoms with van der Waals surface area (Å²) in [5.74, 6) is 0.116. The predicted molar refractivity (Wildman–Crippen MR) is 55.1 cm³/mol. The lowest BCUT2D eigenvalue weighted by Gasteiger charge is -2.23. The van der Waals surface area contributed by atoms with Crippen LogP contribution < -0.4 is 10.6 Å². The highest BCUT2D eigenvalue weighted by atomic mass is 16.5. The van der Waals surface area contributed by atoms with E-state index in [9.17, 15) is 4.79 Å².